The van der Waals surface area contributed by atoms with Crippen molar-refractivity contribution in [2.75, 3.05) is 44.2 Å². The lowest BCUT2D eigenvalue weighted by Gasteiger charge is -2.38. The Hall–Kier alpha value is -2.70. The molecule has 2 aromatic carbocycles. The Morgan fingerprint density at radius 2 is 1.93 bits per heavy atom. The highest BCUT2D eigenvalue weighted by Gasteiger charge is 2.25. The number of benzene rings is 2. The van der Waals surface area contributed by atoms with Crippen LogP contribution in [0.4, 0.5) is 5.69 Å². The van der Waals surface area contributed by atoms with Gasteiger partial charge in [0.2, 0.25) is 0 Å². The standard InChI is InChI=1S/C23H26N4O2/c1-25-16-24-21-14-18(6-7-20(21)23(25)28)27-11-9-26(10-12-27)15-22-19-5-3-2-4-17(19)8-13-29-22/h2-7,14,16,22H,8-13,15H2,1H3. The van der Waals surface area contributed by atoms with Crippen molar-refractivity contribution in [3.63, 3.8) is 0 Å². The Morgan fingerprint density at radius 1 is 1.10 bits per heavy atom. The maximum absolute atomic E-state index is 12.2. The topological polar surface area (TPSA) is 50.6 Å². The predicted molar refractivity (Wildman–Crippen MR) is 114 cm³/mol. The molecule has 1 atom stereocenters. The largest absolute Gasteiger partial charge is 0.372 e. The third-order valence-corrected chi connectivity index (χ3v) is 6.16. The number of piperazine rings is 1. The lowest BCUT2D eigenvalue weighted by molar-refractivity contribution is 0.0148. The first kappa shape index (κ1) is 18.3. The molecule has 0 saturated carbocycles. The van der Waals surface area contributed by atoms with E-state index in [-0.39, 0.29) is 11.7 Å². The van der Waals surface area contributed by atoms with Gasteiger partial charge in [0.15, 0.2) is 0 Å². The van der Waals surface area contributed by atoms with Crippen LogP contribution in [-0.2, 0) is 18.2 Å². The van der Waals surface area contributed by atoms with Crippen LogP contribution in [0.1, 0.15) is 17.2 Å². The Morgan fingerprint density at radius 3 is 2.79 bits per heavy atom. The van der Waals surface area contributed by atoms with Crippen LogP contribution in [0.15, 0.2) is 53.6 Å². The van der Waals surface area contributed by atoms with Gasteiger partial charge in [-0.25, -0.2) is 4.98 Å². The van der Waals surface area contributed by atoms with Gasteiger partial charge in [-0.3, -0.25) is 9.69 Å². The van der Waals surface area contributed by atoms with Gasteiger partial charge in [0.05, 0.1) is 29.9 Å². The summed E-state index contributed by atoms with van der Waals surface area (Å²) in [5.41, 5.74) is 4.68. The summed E-state index contributed by atoms with van der Waals surface area (Å²) in [5, 5.41) is 0.672. The van der Waals surface area contributed by atoms with Gasteiger partial charge in [-0.1, -0.05) is 24.3 Å². The van der Waals surface area contributed by atoms with Crippen molar-refractivity contribution in [1.29, 1.82) is 0 Å². The second kappa shape index (κ2) is 7.61. The fraction of sp³-hybridized carbons (Fsp3) is 0.391. The van der Waals surface area contributed by atoms with Crippen LogP contribution in [0, 0.1) is 0 Å². The van der Waals surface area contributed by atoms with Crippen molar-refractivity contribution in [2.45, 2.75) is 12.5 Å². The van der Waals surface area contributed by atoms with Crippen LogP contribution in [-0.4, -0.2) is 53.8 Å². The fourth-order valence-electron chi connectivity index (χ4n) is 4.45. The summed E-state index contributed by atoms with van der Waals surface area (Å²) in [4.78, 5) is 21.5. The van der Waals surface area contributed by atoms with Crippen molar-refractivity contribution in [1.82, 2.24) is 14.5 Å². The minimum absolute atomic E-state index is 0.000803. The second-order valence-corrected chi connectivity index (χ2v) is 7.96. The average Bonchev–Trinajstić information content (AvgIpc) is 2.77. The molecule has 0 spiro atoms. The highest BCUT2D eigenvalue weighted by Crippen LogP contribution is 2.28. The van der Waals surface area contributed by atoms with Crippen molar-refractivity contribution >= 4 is 16.6 Å². The molecule has 1 saturated heterocycles. The second-order valence-electron chi connectivity index (χ2n) is 7.96. The Labute approximate surface area is 170 Å². The number of rotatable bonds is 3. The molecule has 1 fully saturated rings. The van der Waals surface area contributed by atoms with E-state index in [2.05, 4.69) is 39.0 Å². The van der Waals surface area contributed by atoms with Crippen LogP contribution >= 0.6 is 0 Å². The molecule has 3 aromatic rings. The molecule has 0 bridgehead atoms. The molecule has 0 N–H and O–H groups in total. The Balaban J connectivity index is 1.26. The van der Waals surface area contributed by atoms with Crippen LogP contribution in [0.25, 0.3) is 10.9 Å². The van der Waals surface area contributed by atoms with E-state index in [0.29, 0.717) is 5.39 Å². The monoisotopic (exact) mass is 390 g/mol. The van der Waals surface area contributed by atoms with Crippen LogP contribution in [0.2, 0.25) is 0 Å². The summed E-state index contributed by atoms with van der Waals surface area (Å²) in [7, 11) is 1.73. The number of nitrogens with zero attached hydrogens (tertiary/aromatic N) is 4. The molecule has 5 rings (SSSR count). The maximum Gasteiger partial charge on any atom is 0.260 e. The minimum atomic E-state index is -0.000803. The number of hydrogen-bond donors (Lipinski definition) is 0. The lowest BCUT2D eigenvalue weighted by Crippen LogP contribution is -2.48. The third kappa shape index (κ3) is 3.54. The first-order valence-corrected chi connectivity index (χ1v) is 10.3. The zero-order chi connectivity index (χ0) is 19.8. The molecule has 150 valence electrons. The Kier molecular flexibility index (Phi) is 4.81. The summed E-state index contributed by atoms with van der Waals surface area (Å²) in [6.07, 6.45) is 2.78. The van der Waals surface area contributed by atoms with Crippen LogP contribution in [0.3, 0.4) is 0 Å². The SMILES string of the molecule is Cn1cnc2cc(N3CCN(CC4OCCc5ccccc54)CC3)ccc2c1=O. The molecular weight excluding hydrogens is 364 g/mol. The summed E-state index contributed by atoms with van der Waals surface area (Å²) in [5.74, 6) is 0. The highest BCUT2D eigenvalue weighted by molar-refractivity contribution is 5.81. The molecule has 0 amide bonds. The molecule has 3 heterocycles. The van der Waals surface area contributed by atoms with Gasteiger partial charge in [0.25, 0.3) is 5.56 Å². The number of aryl methyl sites for hydroxylation is 1. The number of fused-ring (bicyclic) bond motifs is 2. The van der Waals surface area contributed by atoms with E-state index in [1.807, 2.05) is 18.2 Å². The van der Waals surface area contributed by atoms with Crippen molar-refractivity contribution in [3.8, 4) is 0 Å². The highest BCUT2D eigenvalue weighted by atomic mass is 16.5. The summed E-state index contributed by atoms with van der Waals surface area (Å²) >= 11 is 0. The molecule has 1 aromatic heterocycles. The van der Waals surface area contributed by atoms with Crippen molar-refractivity contribution < 1.29 is 4.74 Å². The van der Waals surface area contributed by atoms with E-state index in [4.69, 9.17) is 4.74 Å². The van der Waals surface area contributed by atoms with E-state index >= 15 is 0 Å². The molecule has 1 unspecified atom stereocenters. The van der Waals surface area contributed by atoms with E-state index in [9.17, 15) is 4.79 Å². The maximum atomic E-state index is 12.2. The molecule has 29 heavy (non-hydrogen) atoms. The van der Waals surface area contributed by atoms with Crippen LogP contribution < -0.4 is 10.5 Å². The van der Waals surface area contributed by atoms with Gasteiger partial charge in [-0.15, -0.1) is 0 Å². The van der Waals surface area contributed by atoms with Crippen LogP contribution in [0.5, 0.6) is 0 Å². The smallest absolute Gasteiger partial charge is 0.260 e. The van der Waals surface area contributed by atoms with Gasteiger partial charge in [-0.05, 0) is 35.7 Å². The summed E-state index contributed by atoms with van der Waals surface area (Å²) in [6.45, 7) is 5.69. The number of ether oxygens (including phenoxy) is 1. The fourth-order valence-corrected chi connectivity index (χ4v) is 4.45. The zero-order valence-corrected chi connectivity index (χ0v) is 16.8. The molecule has 6 heteroatoms. The molecular formula is C23H26N4O2. The van der Waals surface area contributed by atoms with Crippen molar-refractivity contribution in [2.24, 2.45) is 7.05 Å². The van der Waals surface area contributed by atoms with Gasteiger partial charge in [0, 0.05) is 45.5 Å². The van der Waals surface area contributed by atoms with Gasteiger partial charge in [0.1, 0.15) is 0 Å². The molecule has 2 aliphatic heterocycles. The third-order valence-electron chi connectivity index (χ3n) is 6.16. The zero-order valence-electron chi connectivity index (χ0n) is 16.8. The first-order chi connectivity index (χ1) is 14.2. The molecule has 0 radical (unpaired) electrons. The Bertz CT molecular complexity index is 1090. The average molecular weight is 390 g/mol. The van der Waals surface area contributed by atoms with Gasteiger partial charge < -0.3 is 14.2 Å². The van der Waals surface area contributed by atoms with E-state index in [1.54, 1.807) is 13.4 Å². The van der Waals surface area contributed by atoms with E-state index < -0.39 is 0 Å². The minimum Gasteiger partial charge on any atom is -0.372 e. The van der Waals surface area contributed by atoms with E-state index in [0.717, 1.165) is 57.0 Å². The number of aromatic nitrogens is 2. The molecule has 6 nitrogen and oxygen atoms in total. The normalized spacial score (nSPS) is 20.0. The summed E-state index contributed by atoms with van der Waals surface area (Å²) < 4.78 is 7.61. The van der Waals surface area contributed by atoms with Gasteiger partial charge in [-0.2, -0.15) is 0 Å². The number of anilines is 1. The van der Waals surface area contributed by atoms with Gasteiger partial charge >= 0.3 is 0 Å². The van der Waals surface area contributed by atoms with Crippen molar-refractivity contribution in [3.05, 3.63) is 70.3 Å². The molecule has 0 aliphatic carbocycles. The van der Waals surface area contributed by atoms with E-state index in [1.165, 1.54) is 15.7 Å². The lowest BCUT2D eigenvalue weighted by atomic mass is 9.97. The first-order valence-electron chi connectivity index (χ1n) is 10.3. The molecule has 2 aliphatic rings. The predicted octanol–water partition coefficient (Wildman–Crippen LogP) is 2.37. The summed E-state index contributed by atoms with van der Waals surface area (Å²) in [6, 6.07) is 14.6. The number of hydrogen-bond acceptors (Lipinski definition) is 5. The quantitative estimate of drug-likeness (QED) is 0.687.